The van der Waals surface area contributed by atoms with Gasteiger partial charge in [-0.1, -0.05) is 12.8 Å². The highest BCUT2D eigenvalue weighted by Gasteiger charge is 2.21. The van der Waals surface area contributed by atoms with Gasteiger partial charge >= 0.3 is 0 Å². The van der Waals surface area contributed by atoms with Crippen LogP contribution < -0.4 is 10.6 Å². The van der Waals surface area contributed by atoms with Crippen LogP contribution >= 0.6 is 0 Å². The second-order valence-electron chi connectivity index (χ2n) is 4.77. The Hall–Kier alpha value is -1.16. The van der Waals surface area contributed by atoms with E-state index in [9.17, 15) is 0 Å². The van der Waals surface area contributed by atoms with Crippen LogP contribution in [-0.4, -0.2) is 16.0 Å². The third kappa shape index (κ3) is 1.78. The quantitative estimate of drug-likeness (QED) is 0.794. The van der Waals surface area contributed by atoms with E-state index in [1.807, 2.05) is 6.92 Å². The predicted octanol–water partition coefficient (Wildman–Crippen LogP) is 1.74. The van der Waals surface area contributed by atoms with Crippen molar-refractivity contribution < 1.29 is 0 Å². The van der Waals surface area contributed by atoms with Gasteiger partial charge in [0.05, 0.1) is 5.69 Å². The van der Waals surface area contributed by atoms with Gasteiger partial charge in [-0.05, 0) is 19.8 Å². The van der Waals surface area contributed by atoms with Gasteiger partial charge in [0.2, 0.25) is 0 Å². The van der Waals surface area contributed by atoms with Gasteiger partial charge in [0.1, 0.15) is 11.6 Å². The molecule has 0 saturated heterocycles. The molecule has 1 aliphatic carbocycles. The van der Waals surface area contributed by atoms with Crippen LogP contribution in [0, 0.1) is 6.92 Å². The molecule has 1 aromatic heterocycles. The van der Waals surface area contributed by atoms with E-state index < -0.39 is 0 Å². The number of anilines is 1. The summed E-state index contributed by atoms with van der Waals surface area (Å²) in [6, 6.07) is 0.624. The van der Waals surface area contributed by atoms with E-state index in [0.29, 0.717) is 6.04 Å². The summed E-state index contributed by atoms with van der Waals surface area (Å²) in [5, 5.41) is 6.93. The first-order chi connectivity index (χ1) is 7.83. The minimum absolute atomic E-state index is 0.624. The molecule has 2 N–H and O–H groups in total. The average molecular weight is 218 g/mol. The van der Waals surface area contributed by atoms with Crippen LogP contribution in [0.25, 0.3) is 0 Å². The van der Waals surface area contributed by atoms with Crippen LogP contribution in [0.15, 0.2) is 0 Å². The Morgan fingerprint density at radius 2 is 2.00 bits per heavy atom. The standard InChI is InChI=1S/C12H18N4/c1-8-14-11-7-13-6-10(11)12(15-8)16-9-4-2-3-5-9/h9,13H,2-7H2,1H3,(H,14,15,16). The maximum Gasteiger partial charge on any atom is 0.134 e. The van der Waals surface area contributed by atoms with Gasteiger partial charge in [-0.2, -0.15) is 0 Å². The van der Waals surface area contributed by atoms with Gasteiger partial charge in [-0.15, -0.1) is 0 Å². The maximum absolute atomic E-state index is 4.55. The SMILES string of the molecule is Cc1nc2c(c(NC3CCCC3)n1)CNC2. The molecule has 0 aromatic carbocycles. The van der Waals surface area contributed by atoms with Crippen LogP contribution in [-0.2, 0) is 13.1 Å². The molecule has 4 nitrogen and oxygen atoms in total. The lowest BCUT2D eigenvalue weighted by Gasteiger charge is -2.15. The number of rotatable bonds is 2. The smallest absolute Gasteiger partial charge is 0.134 e. The van der Waals surface area contributed by atoms with Crippen LogP contribution in [0.5, 0.6) is 0 Å². The zero-order chi connectivity index (χ0) is 11.0. The summed E-state index contributed by atoms with van der Waals surface area (Å²) in [6.45, 7) is 3.77. The maximum atomic E-state index is 4.55. The van der Waals surface area contributed by atoms with Crippen molar-refractivity contribution in [1.82, 2.24) is 15.3 Å². The fraction of sp³-hybridized carbons (Fsp3) is 0.667. The fourth-order valence-corrected chi connectivity index (χ4v) is 2.67. The molecule has 4 heteroatoms. The molecule has 2 aliphatic rings. The van der Waals surface area contributed by atoms with Crippen LogP contribution in [0.4, 0.5) is 5.82 Å². The molecule has 1 fully saturated rings. The Morgan fingerprint density at radius 3 is 2.81 bits per heavy atom. The van der Waals surface area contributed by atoms with Gasteiger partial charge in [0.15, 0.2) is 0 Å². The van der Waals surface area contributed by atoms with Crippen LogP contribution in [0.1, 0.15) is 42.8 Å². The number of fused-ring (bicyclic) bond motifs is 1. The second-order valence-corrected chi connectivity index (χ2v) is 4.77. The van der Waals surface area contributed by atoms with Crippen molar-refractivity contribution in [2.75, 3.05) is 5.32 Å². The van der Waals surface area contributed by atoms with Gasteiger partial charge in [0.25, 0.3) is 0 Å². The van der Waals surface area contributed by atoms with Crippen molar-refractivity contribution >= 4 is 5.82 Å². The van der Waals surface area contributed by atoms with E-state index in [4.69, 9.17) is 0 Å². The molecule has 0 atom stereocenters. The summed E-state index contributed by atoms with van der Waals surface area (Å²) in [6.07, 6.45) is 5.26. The fourth-order valence-electron chi connectivity index (χ4n) is 2.67. The van der Waals surface area contributed by atoms with E-state index in [2.05, 4.69) is 20.6 Å². The highest BCUT2D eigenvalue weighted by Crippen LogP contribution is 2.26. The van der Waals surface area contributed by atoms with Crippen molar-refractivity contribution in [3.63, 3.8) is 0 Å². The molecule has 0 spiro atoms. The van der Waals surface area contributed by atoms with Crippen molar-refractivity contribution in [2.45, 2.75) is 51.7 Å². The lowest BCUT2D eigenvalue weighted by molar-refractivity contribution is 0.741. The van der Waals surface area contributed by atoms with Crippen LogP contribution in [0.2, 0.25) is 0 Å². The van der Waals surface area contributed by atoms with Gasteiger partial charge in [-0.3, -0.25) is 0 Å². The number of nitrogens with one attached hydrogen (secondary N) is 2. The zero-order valence-electron chi connectivity index (χ0n) is 9.71. The molecule has 0 bridgehead atoms. The summed E-state index contributed by atoms with van der Waals surface area (Å²) < 4.78 is 0. The molecule has 16 heavy (non-hydrogen) atoms. The predicted molar refractivity (Wildman–Crippen MR) is 63.2 cm³/mol. The Balaban J connectivity index is 1.87. The Kier molecular flexibility index (Phi) is 2.52. The summed E-state index contributed by atoms with van der Waals surface area (Å²) in [5.41, 5.74) is 2.45. The first-order valence-corrected chi connectivity index (χ1v) is 6.16. The van der Waals surface area contributed by atoms with Crippen molar-refractivity contribution in [2.24, 2.45) is 0 Å². The summed E-state index contributed by atoms with van der Waals surface area (Å²) in [7, 11) is 0. The monoisotopic (exact) mass is 218 g/mol. The Labute approximate surface area is 95.9 Å². The topological polar surface area (TPSA) is 49.8 Å². The number of hydrogen-bond donors (Lipinski definition) is 2. The molecule has 0 unspecified atom stereocenters. The van der Waals surface area contributed by atoms with E-state index in [1.54, 1.807) is 0 Å². The van der Waals surface area contributed by atoms with Gasteiger partial charge in [0, 0.05) is 24.7 Å². The number of hydrogen-bond acceptors (Lipinski definition) is 4. The Bertz CT molecular complexity index is 396. The van der Waals surface area contributed by atoms with Crippen LogP contribution in [0.3, 0.4) is 0 Å². The number of nitrogens with zero attached hydrogens (tertiary/aromatic N) is 2. The molecule has 3 rings (SSSR count). The van der Waals surface area contributed by atoms with E-state index >= 15 is 0 Å². The molecule has 0 amide bonds. The molecule has 86 valence electrons. The van der Waals surface area contributed by atoms with Gasteiger partial charge in [-0.25, -0.2) is 9.97 Å². The van der Waals surface area contributed by atoms with Crippen molar-refractivity contribution in [1.29, 1.82) is 0 Å². The largest absolute Gasteiger partial charge is 0.367 e. The van der Waals surface area contributed by atoms with E-state index in [1.165, 1.54) is 36.9 Å². The summed E-state index contributed by atoms with van der Waals surface area (Å²) in [4.78, 5) is 9.02. The summed E-state index contributed by atoms with van der Waals surface area (Å²) >= 11 is 0. The number of aryl methyl sites for hydroxylation is 1. The lowest BCUT2D eigenvalue weighted by atomic mass is 10.2. The molecule has 1 saturated carbocycles. The molecular weight excluding hydrogens is 200 g/mol. The Morgan fingerprint density at radius 1 is 1.19 bits per heavy atom. The molecule has 0 radical (unpaired) electrons. The molecule has 1 aromatic rings. The average Bonchev–Trinajstić information content (AvgIpc) is 2.87. The third-order valence-corrected chi connectivity index (χ3v) is 3.49. The van der Waals surface area contributed by atoms with Gasteiger partial charge < -0.3 is 10.6 Å². The van der Waals surface area contributed by atoms with Crippen molar-refractivity contribution in [3.05, 3.63) is 17.1 Å². The zero-order valence-corrected chi connectivity index (χ0v) is 9.71. The normalized spacial score (nSPS) is 20.1. The molecular formula is C12H18N4. The van der Waals surface area contributed by atoms with Crippen molar-refractivity contribution in [3.8, 4) is 0 Å². The highest BCUT2D eigenvalue weighted by molar-refractivity contribution is 5.49. The number of aromatic nitrogens is 2. The summed E-state index contributed by atoms with van der Waals surface area (Å²) in [5.74, 6) is 1.95. The van der Waals surface area contributed by atoms with E-state index in [-0.39, 0.29) is 0 Å². The lowest BCUT2D eigenvalue weighted by Crippen LogP contribution is -2.18. The molecule has 2 heterocycles. The second kappa shape index (κ2) is 4.01. The third-order valence-electron chi connectivity index (χ3n) is 3.49. The first kappa shape index (κ1) is 10.0. The highest BCUT2D eigenvalue weighted by atomic mass is 15.1. The minimum Gasteiger partial charge on any atom is -0.367 e. The van der Waals surface area contributed by atoms with E-state index in [0.717, 1.165) is 24.7 Å². The minimum atomic E-state index is 0.624. The molecule has 1 aliphatic heterocycles. The first-order valence-electron chi connectivity index (χ1n) is 6.16.